The number of alkyl halides is 3. The molecule has 0 aliphatic heterocycles. The average molecular weight is 570 g/mol. The lowest BCUT2D eigenvalue weighted by Gasteiger charge is -2.41. The summed E-state index contributed by atoms with van der Waals surface area (Å²) < 4.78 is 97.4. The Morgan fingerprint density at radius 3 is 2.41 bits per heavy atom. The van der Waals surface area contributed by atoms with Crippen molar-refractivity contribution >= 4 is 21.5 Å². The van der Waals surface area contributed by atoms with Crippen LogP contribution in [0.4, 0.5) is 33.5 Å². The molecule has 1 saturated carbocycles. The summed E-state index contributed by atoms with van der Waals surface area (Å²) in [5.41, 5.74) is 0.207. The van der Waals surface area contributed by atoms with Crippen LogP contribution >= 0.6 is 0 Å². The zero-order valence-corrected chi connectivity index (χ0v) is 22.2. The third-order valence-corrected chi connectivity index (χ3v) is 8.22. The summed E-state index contributed by atoms with van der Waals surface area (Å²) in [6, 6.07) is 6.13. The van der Waals surface area contributed by atoms with Gasteiger partial charge in [0.15, 0.2) is 0 Å². The molecule has 0 spiro atoms. The molecule has 1 heterocycles. The van der Waals surface area contributed by atoms with Crippen molar-refractivity contribution in [2.75, 3.05) is 24.1 Å². The average Bonchev–Trinajstić information content (AvgIpc) is 2.85. The maximum absolute atomic E-state index is 15.1. The van der Waals surface area contributed by atoms with E-state index in [0.29, 0.717) is 36.5 Å². The van der Waals surface area contributed by atoms with E-state index in [0.717, 1.165) is 18.5 Å². The standard InChI is InChI=1S/C26H28F5N5O2S/c1-15-8-17(10-18(9-15)26(29,30)31)16-4-5-21(23(11-16)36(2)3)34-22-12-20(28)24(13-19(22)27)39(37,38)35-25-6-7-32-14-33-25/h6-10,12-14,16,21,23,34H,4-5,11H2,1-3H3,(H,32,33,35)/t16-,21-,23-/m0/s1. The Labute approximate surface area is 223 Å². The molecule has 0 unspecified atom stereocenters. The van der Waals surface area contributed by atoms with E-state index in [2.05, 4.69) is 20.0 Å². The number of rotatable bonds is 7. The number of anilines is 2. The first-order valence-corrected chi connectivity index (χ1v) is 13.6. The molecular formula is C26H28F5N5O2S. The highest BCUT2D eigenvalue weighted by Gasteiger charge is 2.36. The number of sulfonamides is 1. The van der Waals surface area contributed by atoms with Crippen molar-refractivity contribution in [1.29, 1.82) is 0 Å². The number of nitrogens with zero attached hydrogens (tertiary/aromatic N) is 3. The van der Waals surface area contributed by atoms with Crippen LogP contribution in [-0.4, -0.2) is 49.5 Å². The molecular weight excluding hydrogens is 541 g/mol. The zero-order chi connectivity index (χ0) is 28.5. The molecule has 1 aliphatic rings. The molecule has 2 aromatic carbocycles. The van der Waals surface area contributed by atoms with Crippen LogP contribution in [0.2, 0.25) is 0 Å². The minimum atomic E-state index is -4.47. The fraction of sp³-hybridized carbons (Fsp3) is 0.385. The molecule has 0 saturated heterocycles. The fourth-order valence-electron chi connectivity index (χ4n) is 4.99. The van der Waals surface area contributed by atoms with Crippen molar-refractivity contribution in [2.45, 2.75) is 55.3 Å². The summed E-state index contributed by atoms with van der Waals surface area (Å²) in [5, 5.41) is 3.00. The summed E-state index contributed by atoms with van der Waals surface area (Å²) in [6.45, 7) is 1.62. The summed E-state index contributed by atoms with van der Waals surface area (Å²) >= 11 is 0. The highest BCUT2D eigenvalue weighted by atomic mass is 32.2. The Hall–Kier alpha value is -3.32. The van der Waals surface area contributed by atoms with Crippen LogP contribution in [0, 0.1) is 18.6 Å². The van der Waals surface area contributed by atoms with E-state index in [4.69, 9.17) is 0 Å². The van der Waals surface area contributed by atoms with Gasteiger partial charge in [0.05, 0.1) is 11.3 Å². The van der Waals surface area contributed by atoms with Crippen LogP contribution in [0.1, 0.15) is 41.9 Å². The van der Waals surface area contributed by atoms with Gasteiger partial charge in [-0.25, -0.2) is 27.2 Å². The second-order valence-corrected chi connectivity index (χ2v) is 11.5. The molecule has 1 fully saturated rings. The van der Waals surface area contributed by atoms with Crippen molar-refractivity contribution in [2.24, 2.45) is 0 Å². The normalized spacial score (nSPS) is 20.2. The van der Waals surface area contributed by atoms with Crippen LogP contribution in [0.5, 0.6) is 0 Å². The van der Waals surface area contributed by atoms with Crippen molar-refractivity contribution in [3.8, 4) is 0 Å². The van der Waals surface area contributed by atoms with Crippen molar-refractivity contribution in [3.05, 3.63) is 77.2 Å². The van der Waals surface area contributed by atoms with Gasteiger partial charge >= 0.3 is 6.18 Å². The van der Waals surface area contributed by atoms with E-state index in [-0.39, 0.29) is 29.5 Å². The fourth-order valence-corrected chi connectivity index (χ4v) is 6.07. The number of nitrogens with one attached hydrogen (secondary N) is 2. The Bertz CT molecular complexity index is 1430. The second kappa shape index (κ2) is 11.0. The lowest BCUT2D eigenvalue weighted by atomic mass is 9.77. The minimum Gasteiger partial charge on any atom is -0.378 e. The molecule has 3 atom stereocenters. The van der Waals surface area contributed by atoms with Gasteiger partial charge in [-0.05, 0) is 76.0 Å². The third kappa shape index (κ3) is 6.64. The van der Waals surface area contributed by atoms with Gasteiger partial charge in [-0.15, -0.1) is 0 Å². The molecule has 1 aromatic heterocycles. The van der Waals surface area contributed by atoms with Crippen LogP contribution in [-0.2, 0) is 16.2 Å². The molecule has 3 aromatic rings. The smallest absolute Gasteiger partial charge is 0.378 e. The molecule has 0 radical (unpaired) electrons. The number of halogens is 5. The summed E-state index contributed by atoms with van der Waals surface area (Å²) in [6.07, 6.45) is -0.566. The SMILES string of the molecule is Cc1cc([C@H]2CC[C@H](Nc3cc(F)c(S(=O)(=O)Nc4ccncn4)cc3F)[C@@H](N(C)C)C2)cc(C(F)(F)F)c1. The summed E-state index contributed by atoms with van der Waals surface area (Å²) in [5.74, 6) is -2.38. The van der Waals surface area contributed by atoms with Crippen LogP contribution in [0.15, 0.2) is 53.8 Å². The Balaban J connectivity index is 1.54. The van der Waals surface area contributed by atoms with E-state index in [9.17, 15) is 26.0 Å². The zero-order valence-electron chi connectivity index (χ0n) is 21.4. The van der Waals surface area contributed by atoms with E-state index < -0.39 is 38.3 Å². The molecule has 13 heteroatoms. The first-order chi connectivity index (χ1) is 18.2. The lowest BCUT2D eigenvalue weighted by molar-refractivity contribution is -0.137. The van der Waals surface area contributed by atoms with Crippen LogP contribution < -0.4 is 10.0 Å². The minimum absolute atomic E-state index is 0.103. The maximum atomic E-state index is 15.1. The quantitative estimate of drug-likeness (QED) is 0.363. The molecule has 39 heavy (non-hydrogen) atoms. The van der Waals surface area contributed by atoms with E-state index in [1.165, 1.54) is 18.3 Å². The number of aromatic nitrogens is 2. The molecule has 0 bridgehead atoms. The summed E-state index contributed by atoms with van der Waals surface area (Å²) in [7, 11) is -0.847. The Morgan fingerprint density at radius 2 is 1.77 bits per heavy atom. The largest absolute Gasteiger partial charge is 0.416 e. The number of aryl methyl sites for hydroxylation is 1. The van der Waals surface area contributed by atoms with Crippen molar-refractivity contribution < 1.29 is 30.4 Å². The number of likely N-dealkylation sites (N-methyl/N-ethyl adjacent to an activating group) is 1. The van der Waals surface area contributed by atoms with Gasteiger partial charge in [-0.1, -0.05) is 11.6 Å². The molecule has 4 rings (SSSR count). The van der Waals surface area contributed by atoms with Gasteiger partial charge in [-0.2, -0.15) is 13.2 Å². The topological polar surface area (TPSA) is 87.2 Å². The number of benzene rings is 2. The van der Waals surface area contributed by atoms with E-state index in [1.807, 2.05) is 19.0 Å². The highest BCUT2D eigenvalue weighted by molar-refractivity contribution is 7.92. The van der Waals surface area contributed by atoms with Gasteiger partial charge in [0.25, 0.3) is 10.0 Å². The Kier molecular flexibility index (Phi) is 8.12. The van der Waals surface area contributed by atoms with Crippen molar-refractivity contribution in [1.82, 2.24) is 14.9 Å². The first kappa shape index (κ1) is 28.7. The Morgan fingerprint density at radius 1 is 1.03 bits per heavy atom. The maximum Gasteiger partial charge on any atom is 0.416 e. The van der Waals surface area contributed by atoms with Crippen LogP contribution in [0.25, 0.3) is 0 Å². The monoisotopic (exact) mass is 569 g/mol. The second-order valence-electron chi connectivity index (χ2n) is 9.88. The molecule has 7 nitrogen and oxygen atoms in total. The highest BCUT2D eigenvalue weighted by Crippen LogP contribution is 2.39. The number of hydrogen-bond donors (Lipinski definition) is 2. The molecule has 2 N–H and O–H groups in total. The van der Waals surface area contributed by atoms with Gasteiger partial charge in [-0.3, -0.25) is 4.72 Å². The predicted octanol–water partition coefficient (Wildman–Crippen LogP) is 5.56. The summed E-state index contributed by atoms with van der Waals surface area (Å²) in [4.78, 5) is 8.40. The van der Waals surface area contributed by atoms with Gasteiger partial charge in [0, 0.05) is 24.3 Å². The predicted molar refractivity (Wildman–Crippen MR) is 137 cm³/mol. The third-order valence-electron chi connectivity index (χ3n) is 6.85. The van der Waals surface area contributed by atoms with Crippen molar-refractivity contribution in [3.63, 3.8) is 0 Å². The van der Waals surface area contributed by atoms with Gasteiger partial charge in [0.2, 0.25) is 0 Å². The molecule has 1 aliphatic carbocycles. The number of hydrogen-bond acceptors (Lipinski definition) is 6. The van der Waals surface area contributed by atoms with E-state index >= 15 is 4.39 Å². The first-order valence-electron chi connectivity index (χ1n) is 12.1. The lowest BCUT2D eigenvalue weighted by Crippen LogP contribution is -2.47. The molecule has 0 amide bonds. The van der Waals surface area contributed by atoms with Crippen LogP contribution in [0.3, 0.4) is 0 Å². The van der Waals surface area contributed by atoms with E-state index in [1.54, 1.807) is 13.0 Å². The van der Waals surface area contributed by atoms with Gasteiger partial charge < -0.3 is 10.2 Å². The molecule has 210 valence electrons. The van der Waals surface area contributed by atoms with Gasteiger partial charge in [0.1, 0.15) is 28.7 Å².